The van der Waals surface area contributed by atoms with E-state index in [-0.39, 0.29) is 12.5 Å². The summed E-state index contributed by atoms with van der Waals surface area (Å²) in [6, 6.07) is 15.6. The van der Waals surface area contributed by atoms with E-state index in [0.717, 1.165) is 37.3 Å². The van der Waals surface area contributed by atoms with Crippen molar-refractivity contribution in [2.75, 3.05) is 49.1 Å². The van der Waals surface area contributed by atoms with Crippen molar-refractivity contribution >= 4 is 28.9 Å². The number of β-amino-alcohol motifs (C(OH)–C–C–N with tert-alkyl or cyclic N) is 1. The number of piperazine rings is 1. The minimum absolute atomic E-state index is 0.0630. The maximum absolute atomic E-state index is 12.5. The molecule has 2 aliphatic heterocycles. The average molecular weight is 440 g/mol. The van der Waals surface area contributed by atoms with Crippen molar-refractivity contribution in [1.29, 1.82) is 5.26 Å². The van der Waals surface area contributed by atoms with Gasteiger partial charge in [0.1, 0.15) is 12.6 Å². The zero-order valence-corrected chi connectivity index (χ0v) is 18.0. The summed E-state index contributed by atoms with van der Waals surface area (Å²) < 4.78 is 0. The van der Waals surface area contributed by atoms with Gasteiger partial charge in [-0.1, -0.05) is 29.8 Å². The number of hydrogen-bond acceptors (Lipinski definition) is 6. The van der Waals surface area contributed by atoms with Crippen LogP contribution in [-0.2, 0) is 4.79 Å². The monoisotopic (exact) mass is 439 g/mol. The van der Waals surface area contributed by atoms with Crippen molar-refractivity contribution in [2.24, 2.45) is 0 Å². The summed E-state index contributed by atoms with van der Waals surface area (Å²) >= 11 is 6.49. The molecule has 2 fully saturated rings. The topological polar surface area (TPSA) is 91.6 Å². The minimum atomic E-state index is -0.629. The number of halogens is 1. The fraction of sp³-hybridized carbons (Fsp3) is 0.391. The van der Waals surface area contributed by atoms with Crippen molar-refractivity contribution in [1.82, 2.24) is 10.6 Å². The number of anilines is 2. The summed E-state index contributed by atoms with van der Waals surface area (Å²) in [5.41, 5.74) is 3.96. The second-order valence-corrected chi connectivity index (χ2v) is 8.29. The smallest absolute Gasteiger partial charge is 0.243 e. The number of aliphatic hydroxyl groups is 1. The predicted molar refractivity (Wildman–Crippen MR) is 122 cm³/mol. The molecule has 0 unspecified atom stereocenters. The minimum Gasteiger partial charge on any atom is -0.391 e. The molecule has 1 amide bonds. The first kappa shape index (κ1) is 21.4. The highest BCUT2D eigenvalue weighted by atomic mass is 35.5. The molecule has 2 atom stereocenters. The Bertz CT molecular complexity index is 969. The van der Waals surface area contributed by atoms with Crippen molar-refractivity contribution < 1.29 is 9.90 Å². The van der Waals surface area contributed by atoms with Crippen LogP contribution >= 0.6 is 11.6 Å². The molecule has 2 aromatic carbocycles. The molecule has 162 valence electrons. The number of carbonyl (C=O) groups is 1. The van der Waals surface area contributed by atoms with Crippen LogP contribution in [0.1, 0.15) is 6.42 Å². The maximum atomic E-state index is 12.5. The van der Waals surface area contributed by atoms with Gasteiger partial charge in [0.2, 0.25) is 5.91 Å². The molecular weight excluding hydrogens is 414 g/mol. The Labute approximate surface area is 187 Å². The van der Waals surface area contributed by atoms with Crippen LogP contribution in [0.15, 0.2) is 42.5 Å². The van der Waals surface area contributed by atoms with Crippen LogP contribution in [0.25, 0.3) is 11.1 Å². The number of nitrogens with zero attached hydrogens (tertiary/aromatic N) is 3. The molecule has 2 heterocycles. The summed E-state index contributed by atoms with van der Waals surface area (Å²) in [6.07, 6.45) is -0.326. The summed E-state index contributed by atoms with van der Waals surface area (Å²) in [6.45, 7) is 4.23. The highest BCUT2D eigenvalue weighted by Gasteiger charge is 2.37. The molecule has 7 nitrogen and oxygen atoms in total. The van der Waals surface area contributed by atoms with Crippen molar-refractivity contribution in [3.05, 3.63) is 47.5 Å². The van der Waals surface area contributed by atoms with E-state index in [0.29, 0.717) is 23.7 Å². The van der Waals surface area contributed by atoms with Crippen molar-refractivity contribution in [3.63, 3.8) is 0 Å². The summed E-state index contributed by atoms with van der Waals surface area (Å²) in [4.78, 5) is 16.7. The SMILES string of the molecule is N#CCNC(=O)[C@@H]1C[C@H](O)CN1c1cc(-c2ccc(N3CCNCC3)cc2)ccc1Cl. The van der Waals surface area contributed by atoms with Gasteiger partial charge in [0.15, 0.2) is 0 Å². The molecule has 0 bridgehead atoms. The number of nitrogens with one attached hydrogen (secondary N) is 2. The van der Waals surface area contributed by atoms with Crippen LogP contribution in [0.4, 0.5) is 11.4 Å². The average Bonchev–Trinajstić information content (AvgIpc) is 3.20. The fourth-order valence-corrected chi connectivity index (χ4v) is 4.50. The predicted octanol–water partition coefficient (Wildman–Crippen LogP) is 2.00. The molecule has 0 radical (unpaired) electrons. The van der Waals surface area contributed by atoms with Gasteiger partial charge in [0.25, 0.3) is 0 Å². The summed E-state index contributed by atoms with van der Waals surface area (Å²) in [5, 5.41) is 25.4. The van der Waals surface area contributed by atoms with Crippen LogP contribution in [0.2, 0.25) is 5.02 Å². The van der Waals surface area contributed by atoms with E-state index in [1.807, 2.05) is 29.2 Å². The van der Waals surface area contributed by atoms with Gasteiger partial charge in [-0.2, -0.15) is 5.26 Å². The van der Waals surface area contributed by atoms with Crippen LogP contribution in [0.5, 0.6) is 0 Å². The van der Waals surface area contributed by atoms with E-state index < -0.39 is 12.1 Å². The first-order valence-electron chi connectivity index (χ1n) is 10.5. The van der Waals surface area contributed by atoms with Gasteiger partial charge < -0.3 is 25.5 Å². The molecule has 0 spiro atoms. The Morgan fingerprint density at radius 2 is 1.90 bits per heavy atom. The quantitative estimate of drug-likeness (QED) is 0.617. The Hall–Kier alpha value is -2.79. The molecule has 2 aromatic rings. The Morgan fingerprint density at radius 1 is 1.19 bits per heavy atom. The second kappa shape index (κ2) is 9.56. The van der Waals surface area contributed by atoms with Crippen LogP contribution < -0.4 is 20.4 Å². The number of benzene rings is 2. The van der Waals surface area contributed by atoms with E-state index in [4.69, 9.17) is 16.9 Å². The number of aliphatic hydroxyl groups excluding tert-OH is 1. The Balaban J connectivity index is 1.58. The van der Waals surface area contributed by atoms with E-state index in [1.54, 1.807) is 0 Å². The Morgan fingerprint density at radius 3 is 2.61 bits per heavy atom. The van der Waals surface area contributed by atoms with Gasteiger partial charge in [0.05, 0.1) is 22.9 Å². The Kier molecular flexibility index (Phi) is 6.62. The number of rotatable bonds is 5. The van der Waals surface area contributed by atoms with E-state index in [9.17, 15) is 9.90 Å². The lowest BCUT2D eigenvalue weighted by Gasteiger charge is -2.29. The third-order valence-corrected chi connectivity index (χ3v) is 6.18. The van der Waals surface area contributed by atoms with Gasteiger partial charge in [-0.15, -0.1) is 0 Å². The van der Waals surface area contributed by atoms with E-state index >= 15 is 0 Å². The molecule has 2 saturated heterocycles. The van der Waals surface area contributed by atoms with Crippen LogP contribution in [0, 0.1) is 11.3 Å². The van der Waals surface area contributed by atoms with Crippen molar-refractivity contribution in [2.45, 2.75) is 18.6 Å². The van der Waals surface area contributed by atoms with Crippen LogP contribution in [0.3, 0.4) is 0 Å². The number of amides is 1. The summed E-state index contributed by atoms with van der Waals surface area (Å²) in [7, 11) is 0. The van der Waals surface area contributed by atoms with Gasteiger partial charge >= 0.3 is 0 Å². The van der Waals surface area contributed by atoms with E-state index in [2.05, 4.69) is 39.8 Å². The van der Waals surface area contributed by atoms with Crippen LogP contribution in [-0.4, -0.2) is 62.4 Å². The molecule has 0 saturated carbocycles. The number of carbonyl (C=O) groups excluding carboxylic acids is 1. The lowest BCUT2D eigenvalue weighted by Crippen LogP contribution is -2.43. The molecule has 3 N–H and O–H groups in total. The zero-order valence-electron chi connectivity index (χ0n) is 17.2. The summed E-state index contributed by atoms with van der Waals surface area (Å²) in [5.74, 6) is -0.278. The zero-order chi connectivity index (χ0) is 21.8. The van der Waals surface area contributed by atoms with E-state index in [1.165, 1.54) is 5.69 Å². The number of hydrogen-bond donors (Lipinski definition) is 3. The lowest BCUT2D eigenvalue weighted by atomic mass is 10.0. The standard InChI is InChI=1S/C23H26ClN5O2/c24-20-6-3-17(16-1-4-18(5-2-16)28-11-9-26-10-12-28)13-21(20)29-15-19(30)14-22(29)23(31)27-8-7-25/h1-6,13,19,22,26,30H,8-12,14-15H2,(H,27,31)/t19-,22-/m0/s1. The first-order chi connectivity index (χ1) is 15.1. The lowest BCUT2D eigenvalue weighted by molar-refractivity contribution is -0.122. The third kappa shape index (κ3) is 4.77. The third-order valence-electron chi connectivity index (χ3n) is 5.86. The molecule has 8 heteroatoms. The number of nitriles is 1. The maximum Gasteiger partial charge on any atom is 0.243 e. The molecule has 2 aliphatic rings. The molecule has 4 rings (SSSR count). The van der Waals surface area contributed by atoms with Gasteiger partial charge in [0, 0.05) is 44.8 Å². The first-order valence-corrected chi connectivity index (χ1v) is 10.9. The molecular formula is C23H26ClN5O2. The normalized spacial score (nSPS) is 21.1. The largest absolute Gasteiger partial charge is 0.391 e. The second-order valence-electron chi connectivity index (χ2n) is 7.88. The molecule has 31 heavy (non-hydrogen) atoms. The highest BCUT2D eigenvalue weighted by Crippen LogP contribution is 2.36. The fourth-order valence-electron chi connectivity index (χ4n) is 4.27. The van der Waals surface area contributed by atoms with Crippen molar-refractivity contribution in [3.8, 4) is 17.2 Å². The van der Waals surface area contributed by atoms with Gasteiger partial charge in [-0.05, 0) is 35.4 Å². The van der Waals surface area contributed by atoms with Gasteiger partial charge in [-0.25, -0.2) is 0 Å². The van der Waals surface area contributed by atoms with Gasteiger partial charge in [-0.3, -0.25) is 4.79 Å². The highest BCUT2D eigenvalue weighted by molar-refractivity contribution is 6.33. The molecule has 0 aliphatic carbocycles. The molecule has 0 aromatic heterocycles.